The van der Waals surface area contributed by atoms with E-state index in [9.17, 15) is 9.18 Å². The third kappa shape index (κ3) is 4.41. The van der Waals surface area contributed by atoms with Crippen molar-refractivity contribution < 1.29 is 13.9 Å². The average molecular weight is 295 g/mol. The summed E-state index contributed by atoms with van der Waals surface area (Å²) in [4.78, 5) is 15.9. The average Bonchev–Trinajstić information content (AvgIpc) is 2.47. The summed E-state index contributed by atoms with van der Waals surface area (Å²) in [5, 5.41) is 0. The Morgan fingerprint density at radius 3 is 2.67 bits per heavy atom. The van der Waals surface area contributed by atoms with Gasteiger partial charge in [-0.05, 0) is 37.7 Å². The topological polar surface area (TPSA) is 58.8 Å². The first-order chi connectivity index (χ1) is 10.1. The summed E-state index contributed by atoms with van der Waals surface area (Å²) < 4.78 is 19.1. The third-order valence-electron chi connectivity index (χ3n) is 3.64. The molecule has 0 aromatic heterocycles. The first-order valence-electron chi connectivity index (χ1n) is 7.18. The van der Waals surface area contributed by atoms with Crippen LogP contribution >= 0.6 is 0 Å². The van der Waals surface area contributed by atoms with E-state index in [0.717, 1.165) is 18.7 Å². The molecule has 2 rings (SSSR count). The first-order valence-corrected chi connectivity index (χ1v) is 7.18. The molecule has 0 saturated carbocycles. The van der Waals surface area contributed by atoms with Crippen LogP contribution in [0.3, 0.4) is 0 Å². The maximum Gasteiger partial charge on any atom is 0.260 e. The van der Waals surface area contributed by atoms with Crippen LogP contribution in [0.15, 0.2) is 18.2 Å². The number of amides is 1. The predicted molar refractivity (Wildman–Crippen MR) is 78.7 cm³/mol. The molecule has 0 bridgehead atoms. The van der Waals surface area contributed by atoms with Crippen molar-refractivity contribution in [3.8, 4) is 5.75 Å². The molecule has 5 nitrogen and oxygen atoms in total. The number of rotatable bonds is 5. The fourth-order valence-electron chi connectivity index (χ4n) is 2.27. The molecule has 1 fully saturated rings. The number of nitrogens with two attached hydrogens (primary N) is 1. The molecule has 1 aromatic rings. The zero-order valence-electron chi connectivity index (χ0n) is 12.3. The predicted octanol–water partition coefficient (Wildman–Crippen LogP) is 0.480. The van der Waals surface area contributed by atoms with Crippen LogP contribution in [-0.4, -0.2) is 62.1 Å². The van der Waals surface area contributed by atoms with Gasteiger partial charge in [-0.1, -0.05) is 6.07 Å². The fraction of sp³-hybridized carbons (Fsp3) is 0.533. The summed E-state index contributed by atoms with van der Waals surface area (Å²) in [6.07, 6.45) is 0.622. The number of likely N-dealkylation sites (N-methyl/N-ethyl adjacent to an activating group) is 1. The van der Waals surface area contributed by atoms with E-state index in [-0.39, 0.29) is 18.3 Å². The molecular weight excluding hydrogens is 273 g/mol. The van der Waals surface area contributed by atoms with Crippen LogP contribution in [0.5, 0.6) is 5.75 Å². The number of carbonyl (C=O) groups excluding carboxylic acids is 1. The zero-order chi connectivity index (χ0) is 15.2. The molecule has 1 heterocycles. The molecule has 1 saturated heterocycles. The normalized spacial score (nSPS) is 16.0. The molecule has 0 aliphatic carbocycles. The highest BCUT2D eigenvalue weighted by Crippen LogP contribution is 2.18. The van der Waals surface area contributed by atoms with Crippen molar-refractivity contribution in [2.24, 2.45) is 5.73 Å². The molecule has 1 aromatic carbocycles. The van der Waals surface area contributed by atoms with E-state index in [2.05, 4.69) is 4.90 Å². The Kier molecular flexibility index (Phi) is 5.52. The number of hydrogen-bond donors (Lipinski definition) is 1. The third-order valence-corrected chi connectivity index (χ3v) is 3.64. The maximum absolute atomic E-state index is 13.8. The Bertz CT molecular complexity index is 488. The van der Waals surface area contributed by atoms with Crippen LogP contribution in [0.4, 0.5) is 4.39 Å². The Hall–Kier alpha value is -1.66. The summed E-state index contributed by atoms with van der Waals surface area (Å²) in [5.41, 5.74) is 6.26. The minimum absolute atomic E-state index is 0.103. The van der Waals surface area contributed by atoms with Gasteiger partial charge >= 0.3 is 0 Å². The molecule has 1 aliphatic heterocycles. The second kappa shape index (κ2) is 7.38. The van der Waals surface area contributed by atoms with Gasteiger partial charge in [-0.2, -0.15) is 0 Å². The lowest BCUT2D eigenvalue weighted by Crippen LogP contribution is -2.48. The van der Waals surface area contributed by atoms with Gasteiger partial charge in [-0.25, -0.2) is 4.39 Å². The van der Waals surface area contributed by atoms with Crippen molar-refractivity contribution in [3.63, 3.8) is 0 Å². The van der Waals surface area contributed by atoms with Crippen LogP contribution in [0.25, 0.3) is 0 Å². The smallest absolute Gasteiger partial charge is 0.260 e. The van der Waals surface area contributed by atoms with Crippen molar-refractivity contribution in [1.82, 2.24) is 9.80 Å². The van der Waals surface area contributed by atoms with Gasteiger partial charge in [0.25, 0.3) is 5.91 Å². The number of benzene rings is 1. The van der Waals surface area contributed by atoms with Crippen molar-refractivity contribution in [2.45, 2.75) is 6.42 Å². The molecule has 6 heteroatoms. The lowest BCUT2D eigenvalue weighted by Gasteiger charge is -2.32. The quantitative estimate of drug-likeness (QED) is 0.858. The van der Waals surface area contributed by atoms with E-state index in [1.54, 1.807) is 17.0 Å². The summed E-state index contributed by atoms with van der Waals surface area (Å²) >= 11 is 0. The second-order valence-electron chi connectivity index (χ2n) is 5.28. The van der Waals surface area contributed by atoms with E-state index in [4.69, 9.17) is 10.5 Å². The van der Waals surface area contributed by atoms with Crippen LogP contribution in [-0.2, 0) is 11.2 Å². The maximum atomic E-state index is 13.8. The molecule has 1 amide bonds. The number of carbonyl (C=O) groups is 1. The van der Waals surface area contributed by atoms with Gasteiger partial charge in [0.2, 0.25) is 0 Å². The van der Waals surface area contributed by atoms with Gasteiger partial charge in [-0.3, -0.25) is 4.79 Å². The minimum atomic E-state index is -0.452. The van der Waals surface area contributed by atoms with Crippen molar-refractivity contribution in [1.29, 1.82) is 0 Å². The van der Waals surface area contributed by atoms with Crippen molar-refractivity contribution >= 4 is 5.91 Å². The lowest BCUT2D eigenvalue weighted by molar-refractivity contribution is -0.134. The molecule has 21 heavy (non-hydrogen) atoms. The molecule has 0 radical (unpaired) electrons. The van der Waals surface area contributed by atoms with E-state index >= 15 is 0 Å². The molecule has 0 atom stereocenters. The standard InChI is InChI=1S/C15H22FN3O2/c1-18-6-8-19(9-7-18)15(20)11-21-14-3-2-12(4-5-17)10-13(14)16/h2-3,10H,4-9,11,17H2,1H3. The molecule has 1 aliphatic rings. The van der Waals surface area contributed by atoms with E-state index in [0.29, 0.717) is 26.1 Å². The highest BCUT2D eigenvalue weighted by molar-refractivity contribution is 5.77. The van der Waals surface area contributed by atoms with Crippen LogP contribution < -0.4 is 10.5 Å². The number of hydrogen-bond acceptors (Lipinski definition) is 4. The minimum Gasteiger partial charge on any atom is -0.481 e. The zero-order valence-corrected chi connectivity index (χ0v) is 12.3. The summed E-state index contributed by atoms with van der Waals surface area (Å²) in [6, 6.07) is 4.73. The highest BCUT2D eigenvalue weighted by atomic mass is 19.1. The van der Waals surface area contributed by atoms with Gasteiger partial charge in [0, 0.05) is 26.2 Å². The fourth-order valence-corrected chi connectivity index (χ4v) is 2.27. The first kappa shape index (κ1) is 15.7. The van der Waals surface area contributed by atoms with E-state index in [1.807, 2.05) is 7.05 Å². The summed E-state index contributed by atoms with van der Waals surface area (Å²) in [7, 11) is 2.02. The molecule has 2 N–H and O–H groups in total. The Morgan fingerprint density at radius 1 is 1.33 bits per heavy atom. The Balaban J connectivity index is 1.86. The number of nitrogens with zero attached hydrogens (tertiary/aromatic N) is 2. The molecule has 0 unspecified atom stereocenters. The van der Waals surface area contributed by atoms with Gasteiger partial charge in [0.05, 0.1) is 0 Å². The highest BCUT2D eigenvalue weighted by Gasteiger charge is 2.19. The largest absolute Gasteiger partial charge is 0.481 e. The number of ether oxygens (including phenoxy) is 1. The number of piperazine rings is 1. The van der Waals surface area contributed by atoms with Gasteiger partial charge < -0.3 is 20.3 Å². The lowest BCUT2D eigenvalue weighted by atomic mass is 10.1. The van der Waals surface area contributed by atoms with Gasteiger partial charge in [-0.15, -0.1) is 0 Å². The molecular formula is C15H22FN3O2. The summed E-state index contributed by atoms with van der Waals surface area (Å²) in [5.74, 6) is -0.445. The van der Waals surface area contributed by atoms with Crippen LogP contribution in [0.2, 0.25) is 0 Å². The molecule has 0 spiro atoms. The van der Waals surface area contributed by atoms with Crippen molar-refractivity contribution in [3.05, 3.63) is 29.6 Å². The van der Waals surface area contributed by atoms with Crippen LogP contribution in [0, 0.1) is 5.82 Å². The van der Waals surface area contributed by atoms with Crippen LogP contribution in [0.1, 0.15) is 5.56 Å². The SMILES string of the molecule is CN1CCN(C(=O)COc2ccc(CCN)cc2F)CC1. The van der Waals surface area contributed by atoms with Gasteiger partial charge in [0.15, 0.2) is 18.2 Å². The molecule has 116 valence electrons. The second-order valence-corrected chi connectivity index (χ2v) is 5.28. The Morgan fingerprint density at radius 2 is 2.05 bits per heavy atom. The number of halogens is 1. The summed E-state index contributed by atoms with van der Waals surface area (Å²) in [6.45, 7) is 3.44. The van der Waals surface area contributed by atoms with Crippen molar-refractivity contribution in [2.75, 3.05) is 46.4 Å². The van der Waals surface area contributed by atoms with E-state index < -0.39 is 5.82 Å². The van der Waals surface area contributed by atoms with E-state index in [1.165, 1.54) is 6.07 Å². The van der Waals surface area contributed by atoms with Gasteiger partial charge in [0.1, 0.15) is 0 Å². The Labute approximate surface area is 124 Å². The monoisotopic (exact) mass is 295 g/mol.